The highest BCUT2D eigenvalue weighted by Crippen LogP contribution is 2.58. The highest BCUT2D eigenvalue weighted by molar-refractivity contribution is 6.49. The fourth-order valence-electron chi connectivity index (χ4n) is 12.3. The van der Waals surface area contributed by atoms with E-state index in [1.807, 2.05) is 0 Å². The molecule has 0 aliphatic heterocycles. The molecule has 0 fully saturated rings. The molecule has 14 aromatic carbocycles. The van der Waals surface area contributed by atoms with Gasteiger partial charge in [-0.3, -0.25) is 0 Å². The van der Waals surface area contributed by atoms with Crippen LogP contribution in [0.3, 0.4) is 0 Å². The van der Waals surface area contributed by atoms with Crippen molar-refractivity contribution in [1.29, 1.82) is 0 Å². The number of nitrogens with zero attached hydrogens (tertiary/aromatic N) is 1. The van der Waals surface area contributed by atoms with E-state index in [2.05, 4.69) is 221 Å². The molecule has 14 rings (SSSR count). The van der Waals surface area contributed by atoms with Crippen LogP contribution in [-0.4, -0.2) is 0 Å². The molecule has 0 aliphatic carbocycles. The van der Waals surface area contributed by atoms with Gasteiger partial charge in [-0.15, -0.1) is 0 Å². The molecular formula is C64H43N. The number of hydrogen-bond acceptors (Lipinski definition) is 1. The number of benzene rings is 12. The first-order chi connectivity index (χ1) is 31.9. The van der Waals surface area contributed by atoms with Crippen molar-refractivity contribution in [2.45, 2.75) is 27.7 Å². The largest absolute Gasteiger partial charge is 0.309 e. The summed E-state index contributed by atoms with van der Waals surface area (Å²) in [6, 6.07) is 71.4. The quantitative estimate of drug-likeness (QED) is 0.123. The molecule has 0 unspecified atom stereocenters. The van der Waals surface area contributed by atoms with E-state index in [9.17, 15) is 0 Å². The first-order valence-corrected chi connectivity index (χ1v) is 22.9. The zero-order valence-corrected chi connectivity index (χ0v) is 36.8. The topological polar surface area (TPSA) is 3.24 Å². The van der Waals surface area contributed by atoms with Crippen LogP contribution in [0.2, 0.25) is 0 Å². The molecule has 0 bridgehead atoms. The van der Waals surface area contributed by atoms with E-state index in [4.69, 9.17) is 0 Å². The Balaban J connectivity index is 1.20. The van der Waals surface area contributed by atoms with Gasteiger partial charge >= 0.3 is 0 Å². The van der Waals surface area contributed by atoms with Gasteiger partial charge in [0.15, 0.2) is 0 Å². The molecule has 1 heteroatoms. The zero-order chi connectivity index (χ0) is 43.2. The highest BCUT2D eigenvalue weighted by Gasteiger charge is 2.30. The first kappa shape index (κ1) is 36.5. The Bertz CT molecular complexity index is 4030. The maximum atomic E-state index is 2.51. The highest BCUT2D eigenvalue weighted by atomic mass is 15.1. The minimum atomic E-state index is 1.19. The molecule has 0 spiro atoms. The van der Waals surface area contributed by atoms with Gasteiger partial charge in [0.25, 0.3) is 0 Å². The number of rotatable bonds is 5. The summed E-state index contributed by atoms with van der Waals surface area (Å²) in [5, 5.41) is 23.8. The molecule has 0 saturated carbocycles. The number of hydrogen-bond donors (Lipinski definition) is 0. The normalized spacial score (nSPS) is 12.3. The standard InChI is InChI=1S/C64H43N/c1-36-24-31-52(38(3)34-36)65(53-32-25-37(2)35-39(53)4)54-33-30-49-58-47(54)22-13-23-48(58)61-56(41-14-7-5-8-15-41)63-50-28-26-45-43-20-11-18-40-19-12-21-44(55(40)43)46-27-29-51(60(50)59(45)46)64(63)57(62(49)61)42-16-9-6-10-17-42/h5-35H,1-4H3. The van der Waals surface area contributed by atoms with Crippen LogP contribution in [0.5, 0.6) is 0 Å². The van der Waals surface area contributed by atoms with Crippen LogP contribution >= 0.6 is 0 Å². The first-order valence-electron chi connectivity index (χ1n) is 22.9. The van der Waals surface area contributed by atoms with Crippen molar-refractivity contribution in [3.63, 3.8) is 0 Å². The molecule has 0 N–H and O–H groups in total. The van der Waals surface area contributed by atoms with Gasteiger partial charge in [-0.05, 0) is 171 Å². The van der Waals surface area contributed by atoms with E-state index in [0.717, 1.165) is 0 Å². The molecule has 0 heterocycles. The second kappa shape index (κ2) is 13.3. The van der Waals surface area contributed by atoms with Gasteiger partial charge in [-0.1, -0.05) is 181 Å². The van der Waals surface area contributed by atoms with Crippen LogP contribution in [0.25, 0.3) is 119 Å². The Labute approximate surface area is 377 Å². The van der Waals surface area contributed by atoms with Crippen molar-refractivity contribution in [1.82, 2.24) is 0 Å². The monoisotopic (exact) mass is 825 g/mol. The second-order valence-electron chi connectivity index (χ2n) is 18.5. The van der Waals surface area contributed by atoms with Gasteiger partial charge in [0.2, 0.25) is 0 Å². The molecule has 0 atom stereocenters. The average Bonchev–Trinajstić information content (AvgIpc) is 3.85. The minimum absolute atomic E-state index is 1.19. The van der Waals surface area contributed by atoms with Gasteiger partial charge in [0.1, 0.15) is 0 Å². The van der Waals surface area contributed by atoms with Crippen LogP contribution in [0.1, 0.15) is 22.3 Å². The summed E-state index contributed by atoms with van der Waals surface area (Å²) in [5.41, 5.74) is 13.7. The summed E-state index contributed by atoms with van der Waals surface area (Å²) in [5.74, 6) is 0. The van der Waals surface area contributed by atoms with Crippen molar-refractivity contribution >= 4 is 114 Å². The van der Waals surface area contributed by atoms with E-state index in [1.165, 1.54) is 159 Å². The summed E-state index contributed by atoms with van der Waals surface area (Å²) in [7, 11) is 0. The van der Waals surface area contributed by atoms with Crippen molar-refractivity contribution in [3.8, 4) is 22.3 Å². The van der Waals surface area contributed by atoms with Crippen LogP contribution in [0, 0.1) is 27.7 Å². The fraction of sp³-hybridized carbons (Fsp3) is 0.0625. The molecule has 14 aromatic rings. The van der Waals surface area contributed by atoms with E-state index in [1.54, 1.807) is 0 Å². The van der Waals surface area contributed by atoms with Gasteiger partial charge in [0, 0.05) is 16.8 Å². The molecule has 0 amide bonds. The third-order valence-electron chi connectivity index (χ3n) is 14.8. The van der Waals surface area contributed by atoms with Crippen LogP contribution < -0.4 is 4.90 Å². The van der Waals surface area contributed by atoms with Crippen molar-refractivity contribution in [2.24, 2.45) is 0 Å². The molecule has 0 aliphatic rings. The smallest absolute Gasteiger partial charge is 0.0540 e. The lowest BCUT2D eigenvalue weighted by molar-refractivity contribution is 1.22. The van der Waals surface area contributed by atoms with Crippen molar-refractivity contribution in [3.05, 3.63) is 210 Å². The molecule has 1 nitrogen and oxygen atoms in total. The van der Waals surface area contributed by atoms with E-state index < -0.39 is 0 Å². The SMILES string of the molecule is Cc1ccc(N(c2ccc(C)cc2C)c2ccc3c4c(-c5ccccc5)c5c6ccc7c8cccc9cccc(c%10ccc(c5c(-c5ccccc5)c4c4cccc2c43)c6c%107)c98)c(C)c1. The Morgan fingerprint density at radius 1 is 0.262 bits per heavy atom. The van der Waals surface area contributed by atoms with Gasteiger partial charge < -0.3 is 4.90 Å². The summed E-state index contributed by atoms with van der Waals surface area (Å²) in [6.07, 6.45) is 0. The molecule has 0 saturated heterocycles. The summed E-state index contributed by atoms with van der Waals surface area (Å²) in [6.45, 7) is 8.87. The third-order valence-corrected chi connectivity index (χ3v) is 14.8. The van der Waals surface area contributed by atoms with Crippen LogP contribution in [0.15, 0.2) is 188 Å². The summed E-state index contributed by atoms with van der Waals surface area (Å²) in [4.78, 5) is 2.51. The molecule has 304 valence electrons. The number of aryl methyl sites for hydroxylation is 4. The van der Waals surface area contributed by atoms with Crippen molar-refractivity contribution in [2.75, 3.05) is 4.90 Å². The maximum absolute atomic E-state index is 2.51. The predicted octanol–water partition coefficient (Wildman–Crippen LogP) is 18.4. The maximum Gasteiger partial charge on any atom is 0.0540 e. The fourth-order valence-corrected chi connectivity index (χ4v) is 12.3. The predicted molar refractivity (Wildman–Crippen MR) is 282 cm³/mol. The molecule has 0 aromatic heterocycles. The molecule has 0 radical (unpaired) electrons. The zero-order valence-electron chi connectivity index (χ0n) is 36.8. The van der Waals surface area contributed by atoms with E-state index in [-0.39, 0.29) is 0 Å². The number of fused-ring (bicyclic) bond motifs is 8. The second-order valence-corrected chi connectivity index (χ2v) is 18.5. The number of anilines is 3. The lowest BCUT2D eigenvalue weighted by Crippen LogP contribution is -2.13. The Morgan fingerprint density at radius 2 is 0.646 bits per heavy atom. The molecule has 65 heavy (non-hydrogen) atoms. The Hall–Kier alpha value is -8.00. The van der Waals surface area contributed by atoms with Gasteiger partial charge in [-0.2, -0.15) is 0 Å². The van der Waals surface area contributed by atoms with E-state index >= 15 is 0 Å². The molecular weight excluding hydrogens is 783 g/mol. The lowest BCUT2D eigenvalue weighted by atomic mass is 9.87. The van der Waals surface area contributed by atoms with Crippen LogP contribution in [0.4, 0.5) is 17.1 Å². The summed E-state index contributed by atoms with van der Waals surface area (Å²) < 4.78 is 0. The Morgan fingerprint density at radius 3 is 1.17 bits per heavy atom. The van der Waals surface area contributed by atoms with Gasteiger partial charge in [-0.25, -0.2) is 0 Å². The van der Waals surface area contributed by atoms with E-state index in [0.29, 0.717) is 0 Å². The minimum Gasteiger partial charge on any atom is -0.309 e. The van der Waals surface area contributed by atoms with Crippen LogP contribution in [-0.2, 0) is 0 Å². The Kier molecular flexibility index (Phi) is 7.45. The third kappa shape index (κ3) is 4.88. The van der Waals surface area contributed by atoms with Crippen molar-refractivity contribution < 1.29 is 0 Å². The van der Waals surface area contributed by atoms with Gasteiger partial charge in [0.05, 0.1) is 5.69 Å². The lowest BCUT2D eigenvalue weighted by Gasteiger charge is -2.30. The summed E-state index contributed by atoms with van der Waals surface area (Å²) >= 11 is 0. The average molecular weight is 826 g/mol.